The minimum atomic E-state index is -1.38. The number of benzene rings is 4. The van der Waals surface area contributed by atoms with Crippen molar-refractivity contribution in [3.05, 3.63) is 99.1 Å². The molecule has 0 bridgehead atoms. The lowest BCUT2D eigenvalue weighted by molar-refractivity contribution is -0.168. The summed E-state index contributed by atoms with van der Waals surface area (Å²) in [6.45, 7) is 6.79. The van der Waals surface area contributed by atoms with E-state index >= 15 is 0 Å². The number of ether oxygens (including phenoxy) is 2. The largest absolute Gasteiger partial charge is 0.468 e. The quantitative estimate of drug-likeness (QED) is 0.191. The van der Waals surface area contributed by atoms with Crippen LogP contribution in [0.2, 0.25) is 5.02 Å². The number of nitrogens with zero attached hydrogens (tertiary/aromatic N) is 1. The molecule has 0 radical (unpaired) electrons. The molecule has 8 heteroatoms. The van der Waals surface area contributed by atoms with Gasteiger partial charge < -0.3 is 19.5 Å². The summed E-state index contributed by atoms with van der Waals surface area (Å²) in [6.07, 6.45) is 0.516. The van der Waals surface area contributed by atoms with E-state index in [0.29, 0.717) is 11.6 Å². The van der Waals surface area contributed by atoms with Gasteiger partial charge in [0.05, 0.1) is 14.2 Å². The molecule has 4 aromatic rings. The smallest absolute Gasteiger partial charge is 0.409 e. The first-order valence-corrected chi connectivity index (χ1v) is 14.2. The average Bonchev–Trinajstić information content (AvgIpc) is 3.41. The van der Waals surface area contributed by atoms with Crippen molar-refractivity contribution in [2.24, 2.45) is 5.41 Å². The van der Waals surface area contributed by atoms with E-state index in [9.17, 15) is 9.59 Å². The van der Waals surface area contributed by atoms with Crippen molar-refractivity contribution in [3.8, 4) is 0 Å². The first kappa shape index (κ1) is 27.2. The molecule has 0 saturated carbocycles. The number of carbonyl (C=O) groups excluding carboxylic acids is 2. The molecule has 0 unspecified atom stereocenters. The van der Waals surface area contributed by atoms with E-state index in [4.69, 9.17) is 21.1 Å². The predicted molar refractivity (Wildman–Crippen MR) is 165 cm³/mol. The van der Waals surface area contributed by atoms with Gasteiger partial charge in [-0.15, -0.1) is 0 Å². The Labute approximate surface area is 245 Å². The fourth-order valence-corrected chi connectivity index (χ4v) is 7.00. The summed E-state index contributed by atoms with van der Waals surface area (Å²) >= 11 is 6.22. The minimum Gasteiger partial charge on any atom is -0.468 e. The van der Waals surface area contributed by atoms with E-state index in [0.717, 1.165) is 50.2 Å². The van der Waals surface area contributed by atoms with Gasteiger partial charge in [-0.3, -0.25) is 9.59 Å². The summed E-state index contributed by atoms with van der Waals surface area (Å²) in [5.74, 6) is -1.11. The van der Waals surface area contributed by atoms with E-state index in [1.807, 2.05) is 12.1 Å². The van der Waals surface area contributed by atoms with Crippen molar-refractivity contribution >= 4 is 58.1 Å². The fraction of sp³-hybridized carbons (Fsp3) is 0.273. The number of esters is 2. The number of fused-ring (bicyclic) bond motifs is 1. The van der Waals surface area contributed by atoms with Crippen molar-refractivity contribution in [1.29, 1.82) is 0 Å². The summed E-state index contributed by atoms with van der Waals surface area (Å²) in [4.78, 5) is 28.5. The highest BCUT2D eigenvalue weighted by Crippen LogP contribution is 2.44. The normalized spacial score (nSPS) is 15.0. The minimum absolute atomic E-state index is 0.193. The Balaban J connectivity index is 1.53. The molecule has 1 aliphatic carbocycles. The van der Waals surface area contributed by atoms with Crippen LogP contribution < -0.4 is 15.5 Å². The van der Waals surface area contributed by atoms with Crippen LogP contribution >= 0.6 is 11.6 Å². The SMILES string of the molecule is COC(=O)C1(C(=O)OC)Cc2c(C)c(C)c(B3Nc4cccc5cccc(c45)N3Cc3ccc(Cl)cc3)c(C)c2C1. The zero-order valence-electron chi connectivity index (χ0n) is 23.9. The molecule has 208 valence electrons. The Morgan fingerprint density at radius 2 is 1.49 bits per heavy atom. The van der Waals surface area contributed by atoms with Crippen LogP contribution in [0.4, 0.5) is 11.4 Å². The summed E-state index contributed by atoms with van der Waals surface area (Å²) < 4.78 is 10.3. The van der Waals surface area contributed by atoms with Gasteiger partial charge in [-0.1, -0.05) is 48.0 Å². The number of rotatable bonds is 5. The standard InChI is InChI=1S/C33H32BClN2O4/c1-19-20(2)30(21(3)26-17-33(16-25(19)26,31(38)40-4)32(39)41-5)34-36-27-10-6-8-23-9-7-11-28(29(23)27)37(34)18-22-12-14-24(35)15-13-22/h6-15,36H,16-18H2,1-5H3. The van der Waals surface area contributed by atoms with Gasteiger partial charge in [-0.05, 0) is 89.3 Å². The second-order valence-electron chi connectivity index (χ2n) is 11.1. The molecular formula is C33H32BClN2O4. The highest BCUT2D eigenvalue weighted by Gasteiger charge is 2.54. The van der Waals surface area contributed by atoms with Gasteiger partial charge in [0.15, 0.2) is 5.41 Å². The van der Waals surface area contributed by atoms with Crippen molar-refractivity contribution < 1.29 is 19.1 Å². The summed E-state index contributed by atoms with van der Waals surface area (Å²) in [5, 5.41) is 6.93. The van der Waals surface area contributed by atoms with Crippen LogP contribution in [-0.4, -0.2) is 33.1 Å². The third-order valence-electron chi connectivity index (χ3n) is 9.09. The maximum atomic E-state index is 13.1. The molecule has 0 fully saturated rings. The van der Waals surface area contributed by atoms with E-state index in [1.165, 1.54) is 25.0 Å². The topological polar surface area (TPSA) is 67.9 Å². The monoisotopic (exact) mass is 566 g/mol. The molecule has 6 rings (SSSR count). The van der Waals surface area contributed by atoms with E-state index < -0.39 is 17.4 Å². The van der Waals surface area contributed by atoms with Gasteiger partial charge in [-0.2, -0.15) is 0 Å². The van der Waals surface area contributed by atoms with Gasteiger partial charge in [0.1, 0.15) is 0 Å². The van der Waals surface area contributed by atoms with Gasteiger partial charge >= 0.3 is 18.9 Å². The van der Waals surface area contributed by atoms with Crippen LogP contribution in [0.15, 0.2) is 60.7 Å². The number of halogens is 1. The third-order valence-corrected chi connectivity index (χ3v) is 9.34. The number of hydrogen-bond acceptors (Lipinski definition) is 6. The van der Waals surface area contributed by atoms with Crippen molar-refractivity contribution in [1.82, 2.24) is 0 Å². The van der Waals surface area contributed by atoms with E-state index in [2.05, 4.69) is 79.3 Å². The number of nitrogens with one attached hydrogen (secondary N) is 1. The molecule has 1 heterocycles. The van der Waals surface area contributed by atoms with Crippen molar-refractivity contribution in [2.45, 2.75) is 40.2 Å². The average molecular weight is 567 g/mol. The Morgan fingerprint density at radius 1 is 0.878 bits per heavy atom. The number of anilines is 2. The molecule has 1 aliphatic heterocycles. The van der Waals surface area contributed by atoms with E-state index in [1.54, 1.807) is 0 Å². The second kappa shape index (κ2) is 10.1. The van der Waals surface area contributed by atoms with Gasteiger partial charge in [0, 0.05) is 41.2 Å². The maximum Gasteiger partial charge on any atom is 0.409 e. The molecule has 41 heavy (non-hydrogen) atoms. The summed E-state index contributed by atoms with van der Waals surface area (Å²) in [6, 6.07) is 20.7. The Morgan fingerprint density at radius 3 is 2.12 bits per heavy atom. The highest BCUT2D eigenvalue weighted by atomic mass is 35.5. The molecule has 0 atom stereocenters. The van der Waals surface area contributed by atoms with Crippen LogP contribution in [-0.2, 0) is 38.4 Å². The highest BCUT2D eigenvalue weighted by molar-refractivity contribution is 6.81. The molecular weight excluding hydrogens is 535 g/mol. The van der Waals surface area contributed by atoms with Gasteiger partial charge in [-0.25, -0.2) is 0 Å². The molecule has 2 aliphatic rings. The van der Waals surface area contributed by atoms with Crippen LogP contribution in [0.25, 0.3) is 10.8 Å². The first-order valence-electron chi connectivity index (χ1n) is 13.8. The zero-order valence-corrected chi connectivity index (χ0v) is 24.7. The number of hydrogen-bond donors (Lipinski definition) is 1. The predicted octanol–water partition coefficient (Wildman–Crippen LogP) is 5.68. The third kappa shape index (κ3) is 4.17. The molecule has 0 saturated heterocycles. The molecule has 6 nitrogen and oxygen atoms in total. The second-order valence-corrected chi connectivity index (χ2v) is 11.6. The Bertz CT molecular complexity index is 1700. The molecule has 4 aromatic carbocycles. The zero-order chi connectivity index (χ0) is 29.1. The summed E-state index contributed by atoms with van der Waals surface area (Å²) in [5.41, 5.74) is 8.46. The summed E-state index contributed by atoms with van der Waals surface area (Å²) in [7, 11) is 2.65. The van der Waals surface area contributed by atoms with E-state index in [-0.39, 0.29) is 19.8 Å². The molecule has 0 amide bonds. The number of methoxy groups -OCH3 is 2. The van der Waals surface area contributed by atoms with Gasteiger partial charge in [0.2, 0.25) is 0 Å². The van der Waals surface area contributed by atoms with Crippen molar-refractivity contribution in [3.63, 3.8) is 0 Å². The molecule has 0 aromatic heterocycles. The number of carbonyl (C=O) groups is 2. The van der Waals surface area contributed by atoms with Gasteiger partial charge in [0.25, 0.3) is 0 Å². The van der Waals surface area contributed by atoms with Crippen molar-refractivity contribution in [2.75, 3.05) is 24.3 Å². The Hall–Kier alpha value is -3.97. The lowest BCUT2D eigenvalue weighted by atomic mass is 9.59. The van der Waals surface area contributed by atoms with Crippen LogP contribution in [0.3, 0.4) is 0 Å². The lowest BCUT2D eigenvalue weighted by Gasteiger charge is -2.39. The molecule has 1 N–H and O–H groups in total. The Kier molecular flexibility index (Phi) is 6.73. The van der Waals surface area contributed by atoms with Crippen LogP contribution in [0.1, 0.15) is 33.4 Å². The first-order chi connectivity index (χ1) is 19.7. The van der Waals surface area contributed by atoms with Crippen LogP contribution in [0.5, 0.6) is 0 Å². The fourth-order valence-electron chi connectivity index (χ4n) is 6.88. The lowest BCUT2D eigenvalue weighted by Crippen LogP contribution is -2.57. The van der Waals surface area contributed by atoms with Crippen LogP contribution in [0, 0.1) is 26.2 Å². The molecule has 0 spiro atoms. The maximum absolute atomic E-state index is 13.1.